The average Bonchev–Trinajstić information content (AvgIpc) is 2.53. The van der Waals surface area contributed by atoms with Gasteiger partial charge in [-0.2, -0.15) is 0 Å². The van der Waals surface area contributed by atoms with E-state index in [0.29, 0.717) is 48.6 Å². The largest absolute Gasteiger partial charge is 0.486 e. The van der Waals surface area contributed by atoms with Crippen LogP contribution in [0.1, 0.15) is 18.9 Å². The Balaban J connectivity index is 1.81. The van der Waals surface area contributed by atoms with E-state index in [0.717, 1.165) is 5.39 Å². The lowest BCUT2D eigenvalue weighted by Gasteiger charge is -2.18. The number of aromatic amines is 1. The molecule has 1 aliphatic rings. The van der Waals surface area contributed by atoms with Gasteiger partial charge >= 0.3 is 0 Å². The third-order valence-electron chi connectivity index (χ3n) is 3.77. The minimum atomic E-state index is -3.27. The maximum Gasteiger partial charge on any atom is 0.251 e. The molecule has 2 heterocycles. The minimum Gasteiger partial charge on any atom is -0.486 e. The third kappa shape index (κ3) is 3.70. The van der Waals surface area contributed by atoms with E-state index < -0.39 is 10.0 Å². The van der Waals surface area contributed by atoms with E-state index in [9.17, 15) is 13.2 Å². The molecule has 0 fully saturated rings. The average molecular weight is 352 g/mol. The van der Waals surface area contributed by atoms with E-state index in [1.54, 1.807) is 19.1 Å². The lowest BCUT2D eigenvalue weighted by atomic mass is 10.1. The van der Waals surface area contributed by atoms with Crippen molar-refractivity contribution >= 4 is 20.9 Å². The summed E-state index contributed by atoms with van der Waals surface area (Å²) in [4.78, 5) is 15.0. The molecule has 130 valence electrons. The Morgan fingerprint density at radius 3 is 2.58 bits per heavy atom. The van der Waals surface area contributed by atoms with Crippen LogP contribution in [0.4, 0.5) is 0 Å². The highest BCUT2D eigenvalue weighted by Gasteiger charge is 2.14. The quantitative estimate of drug-likeness (QED) is 0.813. The second kappa shape index (κ2) is 6.82. The lowest BCUT2D eigenvalue weighted by molar-refractivity contribution is 0.172. The Hall–Kier alpha value is -2.06. The molecular formula is C16H20N2O5S. The molecular weight excluding hydrogens is 332 g/mol. The first-order valence-electron chi connectivity index (χ1n) is 7.91. The molecule has 2 N–H and O–H groups in total. The number of rotatable bonds is 6. The zero-order chi connectivity index (χ0) is 17.2. The zero-order valence-corrected chi connectivity index (χ0v) is 14.2. The van der Waals surface area contributed by atoms with Crippen molar-refractivity contribution in [1.29, 1.82) is 0 Å². The van der Waals surface area contributed by atoms with Crippen LogP contribution in [0.2, 0.25) is 0 Å². The summed E-state index contributed by atoms with van der Waals surface area (Å²) in [5.41, 5.74) is 0.965. The highest BCUT2D eigenvalue weighted by Crippen LogP contribution is 2.33. The fourth-order valence-corrected chi connectivity index (χ4v) is 3.75. The van der Waals surface area contributed by atoms with Crippen LogP contribution >= 0.6 is 0 Å². The Bertz CT molecular complexity index is 905. The van der Waals surface area contributed by atoms with E-state index in [2.05, 4.69) is 9.71 Å². The number of hydrogen-bond acceptors (Lipinski definition) is 5. The van der Waals surface area contributed by atoms with Crippen LogP contribution in [0, 0.1) is 0 Å². The molecule has 0 saturated heterocycles. The summed E-state index contributed by atoms with van der Waals surface area (Å²) in [6, 6.07) is 5.34. The first-order valence-corrected chi connectivity index (χ1v) is 9.56. The van der Waals surface area contributed by atoms with Gasteiger partial charge in [-0.15, -0.1) is 0 Å². The number of benzene rings is 1. The third-order valence-corrected chi connectivity index (χ3v) is 5.36. The molecule has 2 aromatic rings. The fraction of sp³-hybridized carbons (Fsp3) is 0.438. The smallest absolute Gasteiger partial charge is 0.251 e. The summed E-state index contributed by atoms with van der Waals surface area (Å²) < 4.78 is 36.9. The number of ether oxygens (including phenoxy) is 2. The van der Waals surface area contributed by atoms with Crippen LogP contribution in [0.15, 0.2) is 23.0 Å². The predicted octanol–water partition coefficient (Wildman–Crippen LogP) is 1.17. The maximum atomic E-state index is 12.2. The summed E-state index contributed by atoms with van der Waals surface area (Å²) in [5.74, 6) is 1.35. The summed E-state index contributed by atoms with van der Waals surface area (Å²) >= 11 is 0. The van der Waals surface area contributed by atoms with Gasteiger partial charge in [-0.1, -0.05) is 6.92 Å². The molecule has 0 bridgehead atoms. The predicted molar refractivity (Wildman–Crippen MR) is 91.3 cm³/mol. The number of nitrogens with one attached hydrogen (secondary N) is 2. The Morgan fingerprint density at radius 2 is 1.88 bits per heavy atom. The lowest BCUT2D eigenvalue weighted by Crippen LogP contribution is -2.29. The van der Waals surface area contributed by atoms with Gasteiger partial charge in [-0.25, -0.2) is 13.1 Å². The van der Waals surface area contributed by atoms with Crippen molar-refractivity contribution in [2.75, 3.05) is 25.5 Å². The molecule has 0 atom stereocenters. The molecule has 7 nitrogen and oxygen atoms in total. The van der Waals surface area contributed by atoms with Gasteiger partial charge in [0.1, 0.15) is 13.2 Å². The molecule has 24 heavy (non-hydrogen) atoms. The molecule has 1 aliphatic heterocycles. The van der Waals surface area contributed by atoms with Crippen LogP contribution < -0.4 is 19.8 Å². The van der Waals surface area contributed by atoms with Crippen molar-refractivity contribution in [3.8, 4) is 11.5 Å². The summed E-state index contributed by atoms with van der Waals surface area (Å²) in [5, 5.41) is 0.824. The molecule has 0 radical (unpaired) electrons. The number of fused-ring (bicyclic) bond motifs is 2. The Labute approximate surface area is 140 Å². The van der Waals surface area contributed by atoms with Crippen molar-refractivity contribution in [2.24, 2.45) is 0 Å². The van der Waals surface area contributed by atoms with E-state index in [4.69, 9.17) is 9.47 Å². The second-order valence-corrected chi connectivity index (χ2v) is 7.60. The number of H-pyrrole nitrogens is 1. The molecule has 0 unspecified atom stereocenters. The van der Waals surface area contributed by atoms with E-state index in [1.807, 2.05) is 6.07 Å². The van der Waals surface area contributed by atoms with Crippen LogP contribution in [0.5, 0.6) is 11.5 Å². The van der Waals surface area contributed by atoms with Crippen LogP contribution in [0.25, 0.3) is 10.9 Å². The standard InChI is InChI=1S/C16H20N2O5S/c1-2-7-24(20,21)17-4-3-11-8-12-9-14-15(23-6-5-22-14)10-13(12)18-16(11)19/h8-10,17H,2-7H2,1H3,(H,18,19). The molecule has 1 aromatic heterocycles. The fourth-order valence-electron chi connectivity index (χ4n) is 2.66. The van der Waals surface area contributed by atoms with E-state index >= 15 is 0 Å². The first kappa shape index (κ1) is 16.8. The number of sulfonamides is 1. The van der Waals surface area contributed by atoms with E-state index in [-0.39, 0.29) is 17.9 Å². The van der Waals surface area contributed by atoms with Crippen LogP contribution in [0.3, 0.4) is 0 Å². The first-order chi connectivity index (χ1) is 11.5. The Kier molecular flexibility index (Phi) is 4.77. The molecule has 3 rings (SSSR count). The maximum absolute atomic E-state index is 12.2. The topological polar surface area (TPSA) is 97.5 Å². The van der Waals surface area contributed by atoms with Crippen molar-refractivity contribution in [2.45, 2.75) is 19.8 Å². The SMILES string of the molecule is CCCS(=O)(=O)NCCc1cc2cc3c(cc2[nH]c1=O)OCCO3. The summed E-state index contributed by atoms with van der Waals surface area (Å²) in [6.45, 7) is 2.98. The van der Waals surface area contributed by atoms with Gasteiger partial charge in [0.15, 0.2) is 11.5 Å². The van der Waals surface area contributed by atoms with Crippen molar-refractivity contribution in [3.05, 3.63) is 34.1 Å². The van der Waals surface area contributed by atoms with Crippen LogP contribution in [-0.4, -0.2) is 38.9 Å². The molecule has 0 amide bonds. The molecule has 0 saturated carbocycles. The Morgan fingerprint density at radius 1 is 1.17 bits per heavy atom. The van der Waals surface area contributed by atoms with Crippen molar-refractivity contribution < 1.29 is 17.9 Å². The van der Waals surface area contributed by atoms with Gasteiger partial charge in [-0.3, -0.25) is 4.79 Å². The summed E-state index contributed by atoms with van der Waals surface area (Å²) in [7, 11) is -3.27. The van der Waals surface area contributed by atoms with Gasteiger partial charge in [0.25, 0.3) is 5.56 Å². The molecule has 0 spiro atoms. The molecule has 1 aromatic carbocycles. The van der Waals surface area contributed by atoms with Crippen molar-refractivity contribution in [3.63, 3.8) is 0 Å². The minimum absolute atomic E-state index is 0.0879. The highest BCUT2D eigenvalue weighted by molar-refractivity contribution is 7.89. The van der Waals surface area contributed by atoms with Gasteiger partial charge in [0.05, 0.1) is 11.3 Å². The zero-order valence-electron chi connectivity index (χ0n) is 13.4. The summed E-state index contributed by atoms with van der Waals surface area (Å²) in [6.07, 6.45) is 0.877. The van der Waals surface area contributed by atoms with Gasteiger partial charge in [-0.05, 0) is 25.0 Å². The van der Waals surface area contributed by atoms with Gasteiger partial charge < -0.3 is 14.5 Å². The van der Waals surface area contributed by atoms with Crippen LogP contribution in [-0.2, 0) is 16.4 Å². The highest BCUT2D eigenvalue weighted by atomic mass is 32.2. The monoisotopic (exact) mass is 352 g/mol. The number of hydrogen-bond donors (Lipinski definition) is 2. The van der Waals surface area contributed by atoms with Crippen molar-refractivity contribution in [1.82, 2.24) is 9.71 Å². The normalized spacial score (nSPS) is 14.0. The number of aromatic nitrogens is 1. The second-order valence-electron chi connectivity index (χ2n) is 5.67. The van der Waals surface area contributed by atoms with E-state index in [1.165, 1.54) is 0 Å². The van der Waals surface area contributed by atoms with Gasteiger partial charge in [0, 0.05) is 23.6 Å². The molecule has 0 aliphatic carbocycles. The van der Waals surface area contributed by atoms with Gasteiger partial charge in [0.2, 0.25) is 10.0 Å². The molecule has 8 heteroatoms. The number of pyridine rings is 1.